The van der Waals surface area contributed by atoms with Gasteiger partial charge in [-0.05, 0) is 24.7 Å². The van der Waals surface area contributed by atoms with Crippen LogP contribution in [0.4, 0.5) is 5.82 Å². The molecule has 1 amide bonds. The van der Waals surface area contributed by atoms with Crippen LogP contribution in [0.1, 0.15) is 19.3 Å². The average Bonchev–Trinajstić information content (AvgIpc) is 3.26. The predicted octanol–water partition coefficient (Wildman–Crippen LogP) is 1.43. The number of fused-ring (bicyclic) bond motifs is 1. The molecule has 8 nitrogen and oxygen atoms in total. The Morgan fingerprint density at radius 3 is 2.78 bits per heavy atom. The summed E-state index contributed by atoms with van der Waals surface area (Å²) in [5.74, 6) is 1.54. The average molecular weight is 391 g/mol. The van der Waals surface area contributed by atoms with Crippen LogP contribution in [0.3, 0.4) is 0 Å². The number of likely N-dealkylation sites (tertiary alicyclic amines) is 1. The van der Waals surface area contributed by atoms with E-state index in [-0.39, 0.29) is 11.9 Å². The van der Waals surface area contributed by atoms with E-state index < -0.39 is 6.10 Å². The largest absolute Gasteiger partial charge is 0.391 e. The number of anilines is 1. The second kappa shape index (κ2) is 7.82. The first-order chi connectivity index (χ1) is 13.1. The normalized spacial score (nSPS) is 27.4. The fraction of sp³-hybridized carbons (Fsp3) is 0.556. The lowest BCUT2D eigenvalue weighted by Gasteiger charge is -2.35. The first-order valence-electron chi connectivity index (χ1n) is 9.25. The van der Waals surface area contributed by atoms with Crippen LogP contribution in [-0.4, -0.2) is 60.9 Å². The highest BCUT2D eigenvalue weighted by atomic mass is 35.5. The number of rotatable bonds is 5. The van der Waals surface area contributed by atoms with Gasteiger partial charge in [-0.3, -0.25) is 14.5 Å². The smallest absolute Gasteiger partial charge is 0.224 e. The highest BCUT2D eigenvalue weighted by Crippen LogP contribution is 2.37. The molecule has 4 atom stereocenters. The van der Waals surface area contributed by atoms with E-state index in [0.29, 0.717) is 42.1 Å². The summed E-state index contributed by atoms with van der Waals surface area (Å²) in [5.41, 5.74) is 0. The molecule has 2 N–H and O–H groups in total. The van der Waals surface area contributed by atoms with E-state index in [2.05, 4.69) is 20.4 Å². The van der Waals surface area contributed by atoms with Gasteiger partial charge in [0.05, 0.1) is 29.6 Å². The summed E-state index contributed by atoms with van der Waals surface area (Å²) in [6, 6.07) is -0.0655. The minimum absolute atomic E-state index is 0.0655. The maximum Gasteiger partial charge on any atom is 0.224 e. The Balaban J connectivity index is 1.31. The zero-order valence-corrected chi connectivity index (χ0v) is 15.7. The van der Waals surface area contributed by atoms with Gasteiger partial charge in [-0.2, -0.15) is 5.10 Å². The Bertz CT molecular complexity index is 785. The number of hydrogen-bond donors (Lipinski definition) is 2. The first kappa shape index (κ1) is 18.2. The number of halogens is 1. The van der Waals surface area contributed by atoms with Crippen molar-refractivity contribution < 1.29 is 9.90 Å². The van der Waals surface area contributed by atoms with Crippen LogP contribution in [0.25, 0.3) is 0 Å². The van der Waals surface area contributed by atoms with Crippen molar-refractivity contribution in [1.82, 2.24) is 24.6 Å². The molecule has 144 valence electrons. The molecule has 9 heteroatoms. The number of hydrogen-bond acceptors (Lipinski definition) is 6. The zero-order valence-electron chi connectivity index (χ0n) is 14.9. The molecule has 1 saturated carbocycles. The minimum atomic E-state index is -0.450. The summed E-state index contributed by atoms with van der Waals surface area (Å²) in [6.45, 7) is 1.99. The van der Waals surface area contributed by atoms with Gasteiger partial charge in [0.2, 0.25) is 5.91 Å². The van der Waals surface area contributed by atoms with E-state index in [0.717, 1.165) is 19.5 Å². The number of aromatic nitrogens is 4. The third-order valence-electron chi connectivity index (χ3n) is 5.55. The van der Waals surface area contributed by atoms with E-state index in [1.165, 1.54) is 0 Å². The van der Waals surface area contributed by atoms with Crippen molar-refractivity contribution >= 4 is 23.3 Å². The van der Waals surface area contributed by atoms with Crippen molar-refractivity contribution in [2.75, 3.05) is 18.4 Å². The lowest BCUT2D eigenvalue weighted by molar-refractivity contribution is -0.130. The predicted molar refractivity (Wildman–Crippen MR) is 100 cm³/mol. The van der Waals surface area contributed by atoms with Gasteiger partial charge in [0.1, 0.15) is 5.82 Å². The van der Waals surface area contributed by atoms with E-state index in [9.17, 15) is 9.90 Å². The molecule has 2 aromatic rings. The zero-order chi connectivity index (χ0) is 18.8. The highest BCUT2D eigenvalue weighted by Gasteiger charge is 2.42. The van der Waals surface area contributed by atoms with E-state index >= 15 is 0 Å². The summed E-state index contributed by atoms with van der Waals surface area (Å²) in [4.78, 5) is 22.8. The first-order valence-corrected chi connectivity index (χ1v) is 9.62. The highest BCUT2D eigenvalue weighted by molar-refractivity contribution is 6.30. The molecule has 0 bridgehead atoms. The monoisotopic (exact) mass is 390 g/mol. The van der Waals surface area contributed by atoms with Crippen LogP contribution in [-0.2, 0) is 11.3 Å². The summed E-state index contributed by atoms with van der Waals surface area (Å²) in [5, 5.41) is 18.5. The summed E-state index contributed by atoms with van der Waals surface area (Å²) in [6.07, 6.45) is 9.67. The van der Waals surface area contributed by atoms with Gasteiger partial charge in [0, 0.05) is 44.6 Å². The Morgan fingerprint density at radius 2 is 2.07 bits per heavy atom. The summed E-state index contributed by atoms with van der Waals surface area (Å²) in [7, 11) is 0. The molecular formula is C18H23ClN6O2. The second-order valence-corrected chi connectivity index (χ2v) is 7.81. The third kappa shape index (κ3) is 4.22. The molecule has 3 heterocycles. The van der Waals surface area contributed by atoms with Gasteiger partial charge < -0.3 is 15.3 Å². The van der Waals surface area contributed by atoms with Crippen molar-refractivity contribution in [3.63, 3.8) is 0 Å². The molecule has 0 radical (unpaired) electrons. The number of carbonyl (C=O) groups is 1. The quantitative estimate of drug-likeness (QED) is 0.801. The van der Waals surface area contributed by atoms with Crippen LogP contribution < -0.4 is 5.32 Å². The fourth-order valence-electron chi connectivity index (χ4n) is 4.18. The van der Waals surface area contributed by atoms with Crippen molar-refractivity contribution in [1.29, 1.82) is 0 Å². The molecule has 0 unspecified atom stereocenters. The van der Waals surface area contributed by atoms with Crippen LogP contribution in [0.2, 0.25) is 5.02 Å². The maximum atomic E-state index is 12.6. The lowest BCUT2D eigenvalue weighted by Crippen LogP contribution is -2.43. The van der Waals surface area contributed by atoms with E-state index in [4.69, 9.17) is 11.6 Å². The molecule has 0 spiro atoms. The van der Waals surface area contributed by atoms with Gasteiger partial charge in [0.25, 0.3) is 0 Å². The number of aliphatic hydroxyl groups excluding tert-OH is 1. The topological polar surface area (TPSA) is 96.2 Å². The molecule has 2 aliphatic rings. The Hall–Kier alpha value is -2.19. The van der Waals surface area contributed by atoms with E-state index in [1.807, 2.05) is 4.90 Å². The minimum Gasteiger partial charge on any atom is -0.391 e. The standard InChI is InChI=1S/C18H23ClN6O2/c19-14-7-22-25(11-14)4-1-18(27)24-9-12-5-15(16(26)6-13(12)10-24)23-17-8-20-2-3-21-17/h2-3,7-8,11-13,15-16,26H,1,4-6,9-10H2,(H,21,23)/t12-,13+,15-,16-/m1/s1. The van der Waals surface area contributed by atoms with Crippen LogP contribution in [0, 0.1) is 11.8 Å². The molecule has 2 aromatic heterocycles. The number of aryl methyl sites for hydroxylation is 1. The van der Waals surface area contributed by atoms with Crippen molar-refractivity contribution in [2.24, 2.45) is 11.8 Å². The van der Waals surface area contributed by atoms with Gasteiger partial charge in [-0.15, -0.1) is 0 Å². The number of amides is 1. The van der Waals surface area contributed by atoms with Gasteiger partial charge >= 0.3 is 0 Å². The second-order valence-electron chi connectivity index (χ2n) is 7.37. The molecule has 4 rings (SSSR count). The molecule has 1 aliphatic carbocycles. The van der Waals surface area contributed by atoms with Crippen LogP contribution >= 0.6 is 11.6 Å². The lowest BCUT2D eigenvalue weighted by atomic mass is 9.77. The molecule has 0 aromatic carbocycles. The number of carbonyl (C=O) groups excluding carboxylic acids is 1. The van der Waals surface area contributed by atoms with E-state index in [1.54, 1.807) is 35.7 Å². The number of aliphatic hydroxyl groups is 1. The molecule has 2 fully saturated rings. The van der Waals surface area contributed by atoms with Crippen molar-refractivity contribution in [2.45, 2.75) is 38.0 Å². The summed E-state index contributed by atoms with van der Waals surface area (Å²) >= 11 is 5.85. The van der Waals surface area contributed by atoms with Gasteiger partial charge in [0.15, 0.2) is 0 Å². The van der Waals surface area contributed by atoms with Crippen LogP contribution in [0.15, 0.2) is 31.0 Å². The maximum absolute atomic E-state index is 12.6. The Morgan fingerprint density at radius 1 is 1.26 bits per heavy atom. The Kier molecular flexibility index (Phi) is 5.27. The van der Waals surface area contributed by atoms with Crippen molar-refractivity contribution in [3.8, 4) is 0 Å². The molecule has 27 heavy (non-hydrogen) atoms. The Labute approximate surface area is 162 Å². The third-order valence-corrected chi connectivity index (χ3v) is 5.74. The SMILES string of the molecule is O=C(CCn1cc(Cl)cn1)N1C[C@H]2C[C@@H](Nc3cnccn3)[C@H](O)C[C@H]2C1. The summed E-state index contributed by atoms with van der Waals surface area (Å²) < 4.78 is 1.69. The van der Waals surface area contributed by atoms with Gasteiger partial charge in [-0.1, -0.05) is 11.6 Å². The number of nitrogens with zero attached hydrogens (tertiary/aromatic N) is 5. The fourth-order valence-corrected chi connectivity index (χ4v) is 4.34. The van der Waals surface area contributed by atoms with Crippen molar-refractivity contribution in [3.05, 3.63) is 36.0 Å². The number of nitrogens with one attached hydrogen (secondary N) is 1. The van der Waals surface area contributed by atoms with Gasteiger partial charge in [-0.25, -0.2) is 4.98 Å². The molecule has 1 saturated heterocycles. The van der Waals surface area contributed by atoms with Crippen LogP contribution in [0.5, 0.6) is 0 Å². The molecule has 1 aliphatic heterocycles. The molecular weight excluding hydrogens is 368 g/mol.